The van der Waals surface area contributed by atoms with Gasteiger partial charge in [0, 0.05) is 31.4 Å². The number of ketones is 1. The number of allylic oxidation sites excluding steroid dienone is 1. The zero-order valence-electron chi connectivity index (χ0n) is 23.2. The van der Waals surface area contributed by atoms with Gasteiger partial charge in [-0.25, -0.2) is 4.39 Å². The Kier molecular flexibility index (Phi) is 7.08. The molecule has 196 valence electrons. The van der Waals surface area contributed by atoms with E-state index in [4.69, 9.17) is 0 Å². The number of hydrogen-bond acceptors (Lipinski definition) is 3. The first-order valence-corrected chi connectivity index (χ1v) is 13.3. The number of anilines is 2. The molecule has 0 radical (unpaired) electrons. The van der Waals surface area contributed by atoms with Crippen molar-refractivity contribution in [3.8, 4) is 11.1 Å². The number of carbonyl (C=O) groups is 2. The molecule has 5 heteroatoms. The lowest BCUT2D eigenvalue weighted by Gasteiger charge is -2.30. The summed E-state index contributed by atoms with van der Waals surface area (Å²) in [6, 6.07) is 20.3. The van der Waals surface area contributed by atoms with Crippen LogP contribution in [0.15, 0.2) is 72.8 Å². The molecule has 2 aliphatic rings. The highest BCUT2D eigenvalue weighted by Crippen LogP contribution is 2.49. The summed E-state index contributed by atoms with van der Waals surface area (Å²) in [4.78, 5) is 29.0. The van der Waals surface area contributed by atoms with Crippen molar-refractivity contribution in [3.63, 3.8) is 0 Å². The van der Waals surface area contributed by atoms with Gasteiger partial charge in [-0.15, -0.1) is 0 Å². The molecule has 3 aromatic rings. The van der Waals surface area contributed by atoms with Crippen LogP contribution < -0.4 is 9.80 Å². The number of benzene rings is 3. The molecule has 2 bridgehead atoms. The van der Waals surface area contributed by atoms with Crippen molar-refractivity contribution in [2.75, 3.05) is 23.9 Å². The van der Waals surface area contributed by atoms with Crippen molar-refractivity contribution >= 4 is 29.1 Å². The third-order valence-electron chi connectivity index (χ3n) is 7.89. The Bertz CT molecular complexity index is 1380. The summed E-state index contributed by atoms with van der Waals surface area (Å²) in [5.41, 5.74) is 4.68. The van der Waals surface area contributed by atoms with E-state index in [-0.39, 0.29) is 17.6 Å². The zero-order valence-corrected chi connectivity index (χ0v) is 22.2. The van der Waals surface area contributed by atoms with Gasteiger partial charge in [-0.05, 0) is 96.7 Å². The highest BCUT2D eigenvalue weighted by molar-refractivity contribution is 5.96. The molecule has 2 fully saturated rings. The predicted octanol–water partition coefficient (Wildman–Crippen LogP) is 7.13. The van der Waals surface area contributed by atoms with Gasteiger partial charge in [0.25, 0.3) is 0 Å². The van der Waals surface area contributed by atoms with E-state index in [0.717, 1.165) is 42.5 Å². The van der Waals surface area contributed by atoms with Crippen LogP contribution in [0, 0.1) is 23.6 Å². The van der Waals surface area contributed by atoms with Crippen LogP contribution in [0.5, 0.6) is 0 Å². The normalized spacial score (nSPS) is 21.4. The predicted molar refractivity (Wildman–Crippen MR) is 152 cm³/mol. The molecule has 0 aliphatic heterocycles. The van der Waals surface area contributed by atoms with Crippen LogP contribution in [0.25, 0.3) is 17.2 Å². The molecule has 2 aliphatic carbocycles. The maximum absolute atomic E-state index is 14.8. The summed E-state index contributed by atoms with van der Waals surface area (Å²) >= 11 is 0. The Morgan fingerprint density at radius 2 is 1.63 bits per heavy atom. The standard InChI is InChI=1S/C33H35FN2O2/c1-22(37)4-5-25-17-29(34)20-31(18-25)36(33(38)32-19-24-8-11-28(32)16-24)21-23-6-9-26(10-7-23)27-12-14-30(15-13-27)35(2)3/h4-7,9-10,12-15,17-18,20,24,28,32H,8,11,16,19,21H2,1-3H3/b5-4+/t24-,28+,32+/m0/s1/i21D/t21-,24+,28-,32-/m1. The average molecular weight is 512 g/mol. The molecule has 0 unspecified atom stereocenters. The minimum atomic E-state index is -1.03. The largest absolute Gasteiger partial charge is 0.378 e. The van der Waals surface area contributed by atoms with Crippen molar-refractivity contribution in [1.82, 2.24) is 0 Å². The Morgan fingerprint density at radius 3 is 2.21 bits per heavy atom. The molecule has 3 aromatic carbocycles. The van der Waals surface area contributed by atoms with Crippen molar-refractivity contribution < 1.29 is 15.4 Å². The van der Waals surface area contributed by atoms with E-state index in [0.29, 0.717) is 28.7 Å². The SMILES string of the molecule is [2H][C@H](c1ccc(-c2ccc(N(C)C)cc2)cc1)N(C(=O)[C@@H]1C[C@H]2CC[C@@H]1C2)c1cc(F)cc(/C=C/C(C)=O)c1. The quantitative estimate of drug-likeness (QED) is 0.302. The lowest BCUT2D eigenvalue weighted by atomic mass is 9.87. The fourth-order valence-electron chi connectivity index (χ4n) is 5.90. The van der Waals surface area contributed by atoms with E-state index in [1.54, 1.807) is 12.1 Å². The van der Waals surface area contributed by atoms with Gasteiger partial charge in [-0.1, -0.05) is 48.9 Å². The van der Waals surface area contributed by atoms with Crippen molar-refractivity contribution in [1.29, 1.82) is 0 Å². The Labute approximate surface area is 226 Å². The van der Waals surface area contributed by atoms with Gasteiger partial charge in [-0.2, -0.15) is 0 Å². The molecule has 0 aromatic heterocycles. The van der Waals surface area contributed by atoms with E-state index >= 15 is 0 Å². The molecule has 38 heavy (non-hydrogen) atoms. The highest BCUT2D eigenvalue weighted by Gasteiger charge is 2.44. The first kappa shape index (κ1) is 24.6. The van der Waals surface area contributed by atoms with Crippen LogP contribution in [0.2, 0.25) is 0 Å². The second-order valence-corrected chi connectivity index (χ2v) is 10.9. The third-order valence-corrected chi connectivity index (χ3v) is 7.89. The van der Waals surface area contributed by atoms with Gasteiger partial charge < -0.3 is 9.80 Å². The maximum Gasteiger partial charge on any atom is 0.230 e. The van der Waals surface area contributed by atoms with Crippen LogP contribution in [0.1, 0.15) is 45.1 Å². The second kappa shape index (κ2) is 10.9. The van der Waals surface area contributed by atoms with Gasteiger partial charge in [0.05, 0.1) is 7.89 Å². The third kappa shape index (κ3) is 5.72. The van der Waals surface area contributed by atoms with Crippen LogP contribution in [0.4, 0.5) is 15.8 Å². The number of nitrogens with zero attached hydrogens (tertiary/aromatic N) is 2. The molecule has 4 atom stereocenters. The first-order valence-electron chi connectivity index (χ1n) is 13.9. The highest BCUT2D eigenvalue weighted by atomic mass is 19.1. The van der Waals surface area contributed by atoms with Crippen LogP contribution in [-0.2, 0) is 16.1 Å². The smallest absolute Gasteiger partial charge is 0.230 e. The molecule has 0 N–H and O–H groups in total. The number of amides is 1. The van der Waals surface area contributed by atoms with Crippen molar-refractivity contribution in [2.24, 2.45) is 17.8 Å². The monoisotopic (exact) mass is 511 g/mol. The minimum Gasteiger partial charge on any atom is -0.378 e. The summed E-state index contributed by atoms with van der Waals surface area (Å²) < 4.78 is 24.0. The average Bonchev–Trinajstić information content (AvgIpc) is 3.56. The van der Waals surface area contributed by atoms with Crippen molar-refractivity contribution in [2.45, 2.75) is 39.1 Å². The molecule has 1 amide bonds. The molecule has 0 saturated heterocycles. The summed E-state index contributed by atoms with van der Waals surface area (Å²) in [5.74, 6) is -0.0241. The lowest BCUT2D eigenvalue weighted by Crippen LogP contribution is -2.38. The number of halogens is 1. The number of rotatable bonds is 8. The topological polar surface area (TPSA) is 40.6 Å². The maximum atomic E-state index is 14.8. The second-order valence-electron chi connectivity index (χ2n) is 10.9. The minimum absolute atomic E-state index is 0.113. The van der Waals surface area contributed by atoms with E-state index in [9.17, 15) is 15.4 Å². The first-order chi connectivity index (χ1) is 18.7. The molecular formula is C33H35FN2O2. The van der Waals surface area contributed by atoms with Crippen LogP contribution in [0.3, 0.4) is 0 Å². The van der Waals surface area contributed by atoms with Gasteiger partial charge in [-0.3, -0.25) is 9.59 Å². The van der Waals surface area contributed by atoms with E-state index < -0.39 is 12.3 Å². The van der Waals surface area contributed by atoms with E-state index in [1.807, 2.05) is 43.3 Å². The van der Waals surface area contributed by atoms with E-state index in [2.05, 4.69) is 24.3 Å². The zero-order chi connectivity index (χ0) is 27.7. The molecule has 0 heterocycles. The summed E-state index contributed by atoms with van der Waals surface area (Å²) in [6.45, 7) is 0.398. The van der Waals surface area contributed by atoms with Gasteiger partial charge in [0.2, 0.25) is 5.91 Å². The molecule has 4 nitrogen and oxygen atoms in total. The van der Waals surface area contributed by atoms with Gasteiger partial charge in [0.1, 0.15) is 5.82 Å². The summed E-state index contributed by atoms with van der Waals surface area (Å²) in [6.07, 6.45) is 7.02. The van der Waals surface area contributed by atoms with Crippen molar-refractivity contribution in [3.05, 3.63) is 89.8 Å². The van der Waals surface area contributed by atoms with E-state index in [1.165, 1.54) is 30.0 Å². The lowest BCUT2D eigenvalue weighted by molar-refractivity contribution is -0.124. The number of fused-ring (bicyclic) bond motifs is 2. The Morgan fingerprint density at radius 1 is 0.947 bits per heavy atom. The molecular weight excluding hydrogens is 475 g/mol. The fraction of sp³-hybridized carbons (Fsp3) is 0.333. The molecule has 0 spiro atoms. The fourth-order valence-corrected chi connectivity index (χ4v) is 5.90. The molecule has 2 saturated carbocycles. The summed E-state index contributed by atoms with van der Waals surface area (Å²) in [7, 11) is 4.01. The Balaban J connectivity index is 1.48. The Hall–Kier alpha value is -3.73. The van der Waals surface area contributed by atoms with Gasteiger partial charge >= 0.3 is 0 Å². The van der Waals surface area contributed by atoms with Crippen LogP contribution in [-0.4, -0.2) is 25.8 Å². The van der Waals surface area contributed by atoms with Gasteiger partial charge in [0.15, 0.2) is 5.78 Å². The number of carbonyl (C=O) groups excluding carboxylic acids is 2. The van der Waals surface area contributed by atoms with Crippen LogP contribution >= 0.6 is 0 Å². The number of hydrogen-bond donors (Lipinski definition) is 0. The summed E-state index contributed by atoms with van der Waals surface area (Å²) in [5, 5.41) is 0. The molecule has 5 rings (SSSR count).